The molecule has 110 valence electrons. The molecule has 3 rings (SSSR count). The fourth-order valence-electron chi connectivity index (χ4n) is 2.60. The highest BCUT2D eigenvalue weighted by molar-refractivity contribution is 6.05. The van der Waals surface area contributed by atoms with Gasteiger partial charge < -0.3 is 10.4 Å². The van der Waals surface area contributed by atoms with Gasteiger partial charge in [-0.15, -0.1) is 0 Å². The van der Waals surface area contributed by atoms with E-state index in [0.717, 1.165) is 30.8 Å². The van der Waals surface area contributed by atoms with Gasteiger partial charge >= 0.3 is 0 Å². The van der Waals surface area contributed by atoms with Crippen molar-refractivity contribution >= 4 is 11.7 Å². The number of nitrogens with zero attached hydrogens (tertiary/aromatic N) is 3. The van der Waals surface area contributed by atoms with E-state index in [1.165, 1.54) is 6.07 Å². The highest BCUT2D eigenvalue weighted by Crippen LogP contribution is 2.25. The van der Waals surface area contributed by atoms with Gasteiger partial charge in [-0.25, -0.2) is 4.98 Å². The smallest absolute Gasteiger partial charge is 0.260 e. The molecular formula is C15H18N4O2. The molecule has 2 aromatic rings. The first kappa shape index (κ1) is 13.6. The number of amides is 1. The van der Waals surface area contributed by atoms with Crippen molar-refractivity contribution in [1.82, 2.24) is 14.8 Å². The summed E-state index contributed by atoms with van der Waals surface area (Å²) in [4.78, 5) is 16.5. The van der Waals surface area contributed by atoms with Gasteiger partial charge in [-0.2, -0.15) is 5.10 Å². The predicted octanol–water partition coefficient (Wildman–Crippen LogP) is 2.13. The average molecular weight is 286 g/mol. The summed E-state index contributed by atoms with van der Waals surface area (Å²) in [7, 11) is 0. The molecule has 6 heteroatoms. The molecule has 0 spiro atoms. The Hall–Kier alpha value is -2.37. The van der Waals surface area contributed by atoms with Crippen molar-refractivity contribution in [3.05, 3.63) is 35.3 Å². The van der Waals surface area contributed by atoms with Gasteiger partial charge in [0.25, 0.3) is 5.91 Å². The maximum Gasteiger partial charge on any atom is 0.260 e. The number of rotatable bonds is 2. The van der Waals surface area contributed by atoms with Crippen molar-refractivity contribution in [3.8, 4) is 5.75 Å². The SMILES string of the molecule is Cc1ccc(O)c(NC(=O)c2cnn3c2C[C@@H](C)CC3)n1. The first-order chi connectivity index (χ1) is 10.0. The number of carbonyl (C=O) groups is 1. The topological polar surface area (TPSA) is 80.0 Å². The molecule has 0 unspecified atom stereocenters. The molecule has 21 heavy (non-hydrogen) atoms. The number of fused-ring (bicyclic) bond motifs is 1. The van der Waals surface area contributed by atoms with Crippen molar-refractivity contribution in [2.75, 3.05) is 5.32 Å². The number of aromatic hydroxyl groups is 1. The van der Waals surface area contributed by atoms with Crippen molar-refractivity contribution in [3.63, 3.8) is 0 Å². The summed E-state index contributed by atoms with van der Waals surface area (Å²) in [6, 6.07) is 3.21. The van der Waals surface area contributed by atoms with E-state index >= 15 is 0 Å². The lowest BCUT2D eigenvalue weighted by Crippen LogP contribution is -2.21. The number of nitrogens with one attached hydrogen (secondary N) is 1. The molecule has 0 bridgehead atoms. The van der Waals surface area contributed by atoms with Crippen LogP contribution in [0.15, 0.2) is 18.3 Å². The van der Waals surface area contributed by atoms with E-state index in [1.54, 1.807) is 19.2 Å². The van der Waals surface area contributed by atoms with Crippen LogP contribution in [0.3, 0.4) is 0 Å². The van der Waals surface area contributed by atoms with Crippen molar-refractivity contribution in [2.45, 2.75) is 33.2 Å². The molecule has 0 fully saturated rings. The molecule has 0 saturated heterocycles. The Morgan fingerprint density at radius 1 is 1.48 bits per heavy atom. The first-order valence-corrected chi connectivity index (χ1v) is 7.07. The molecule has 1 aliphatic rings. The summed E-state index contributed by atoms with van der Waals surface area (Å²) in [5, 5.41) is 16.7. The highest BCUT2D eigenvalue weighted by atomic mass is 16.3. The van der Waals surface area contributed by atoms with Crippen LogP contribution in [-0.2, 0) is 13.0 Å². The van der Waals surface area contributed by atoms with E-state index in [0.29, 0.717) is 11.5 Å². The largest absolute Gasteiger partial charge is 0.504 e. The van der Waals surface area contributed by atoms with Gasteiger partial charge in [0.1, 0.15) is 0 Å². The van der Waals surface area contributed by atoms with Crippen molar-refractivity contribution < 1.29 is 9.90 Å². The quantitative estimate of drug-likeness (QED) is 0.886. The maximum absolute atomic E-state index is 12.4. The lowest BCUT2D eigenvalue weighted by Gasteiger charge is -2.20. The number of aromatic nitrogens is 3. The Morgan fingerprint density at radius 3 is 3.10 bits per heavy atom. The predicted molar refractivity (Wildman–Crippen MR) is 78.3 cm³/mol. The van der Waals surface area contributed by atoms with Gasteiger partial charge in [0.2, 0.25) is 0 Å². The minimum Gasteiger partial charge on any atom is -0.504 e. The van der Waals surface area contributed by atoms with Crippen LogP contribution in [0.4, 0.5) is 5.82 Å². The van der Waals surface area contributed by atoms with E-state index in [9.17, 15) is 9.90 Å². The van der Waals surface area contributed by atoms with Gasteiger partial charge in [0.15, 0.2) is 11.6 Å². The molecule has 1 atom stereocenters. The molecule has 0 saturated carbocycles. The highest BCUT2D eigenvalue weighted by Gasteiger charge is 2.23. The van der Waals surface area contributed by atoms with Crippen molar-refractivity contribution in [2.24, 2.45) is 5.92 Å². The molecule has 0 radical (unpaired) electrons. The van der Waals surface area contributed by atoms with Gasteiger partial charge in [-0.3, -0.25) is 9.48 Å². The summed E-state index contributed by atoms with van der Waals surface area (Å²) in [6.45, 7) is 4.82. The standard InChI is InChI=1S/C15H18N4O2/c1-9-5-6-19-12(7-9)11(8-16-19)15(21)18-14-13(20)4-3-10(2)17-14/h3-4,8-9,20H,5-7H2,1-2H3,(H,17,18,21)/t9-/m0/s1. The summed E-state index contributed by atoms with van der Waals surface area (Å²) >= 11 is 0. The average Bonchev–Trinajstić information content (AvgIpc) is 2.85. The zero-order valence-corrected chi connectivity index (χ0v) is 12.1. The van der Waals surface area contributed by atoms with Gasteiger partial charge in [0.05, 0.1) is 17.5 Å². The normalized spacial score (nSPS) is 17.3. The molecule has 2 N–H and O–H groups in total. The van der Waals surface area contributed by atoms with Crippen LogP contribution in [0.5, 0.6) is 5.75 Å². The lowest BCUT2D eigenvalue weighted by atomic mass is 9.96. The molecule has 6 nitrogen and oxygen atoms in total. The van der Waals surface area contributed by atoms with Gasteiger partial charge in [-0.1, -0.05) is 6.92 Å². The minimum absolute atomic E-state index is 0.0386. The Labute approximate surface area is 122 Å². The van der Waals surface area contributed by atoms with E-state index in [1.807, 2.05) is 4.68 Å². The molecular weight excluding hydrogens is 268 g/mol. The van der Waals surface area contributed by atoms with E-state index < -0.39 is 0 Å². The minimum atomic E-state index is -0.279. The fraction of sp³-hybridized carbons (Fsp3) is 0.400. The molecule has 3 heterocycles. The number of carbonyl (C=O) groups excluding carboxylic acids is 1. The molecule has 2 aromatic heterocycles. The van der Waals surface area contributed by atoms with Crippen LogP contribution in [0.1, 0.15) is 35.1 Å². The maximum atomic E-state index is 12.4. The van der Waals surface area contributed by atoms with Crippen LogP contribution >= 0.6 is 0 Å². The Morgan fingerprint density at radius 2 is 2.29 bits per heavy atom. The van der Waals surface area contributed by atoms with E-state index in [2.05, 4.69) is 22.3 Å². The number of anilines is 1. The summed E-state index contributed by atoms with van der Waals surface area (Å²) in [5.74, 6) is 0.414. The third-order valence-electron chi connectivity index (χ3n) is 3.81. The summed E-state index contributed by atoms with van der Waals surface area (Å²) in [6.07, 6.45) is 3.52. The molecule has 0 aromatic carbocycles. The third kappa shape index (κ3) is 2.61. The molecule has 1 aliphatic heterocycles. The monoisotopic (exact) mass is 286 g/mol. The fourth-order valence-corrected chi connectivity index (χ4v) is 2.60. The van der Waals surface area contributed by atoms with Gasteiger partial charge in [0, 0.05) is 12.2 Å². The zero-order valence-electron chi connectivity index (χ0n) is 12.1. The van der Waals surface area contributed by atoms with Crippen LogP contribution in [0.25, 0.3) is 0 Å². The Kier molecular flexibility index (Phi) is 3.37. The number of pyridine rings is 1. The van der Waals surface area contributed by atoms with Crippen LogP contribution < -0.4 is 5.32 Å². The lowest BCUT2D eigenvalue weighted by molar-refractivity contribution is 0.102. The number of hydrogen-bond donors (Lipinski definition) is 2. The second kappa shape index (κ2) is 5.20. The number of aryl methyl sites for hydroxylation is 2. The van der Waals surface area contributed by atoms with Crippen LogP contribution in [0.2, 0.25) is 0 Å². The third-order valence-corrected chi connectivity index (χ3v) is 3.81. The number of hydrogen-bond acceptors (Lipinski definition) is 4. The summed E-state index contributed by atoms with van der Waals surface area (Å²) < 4.78 is 1.89. The Balaban J connectivity index is 1.86. The van der Waals surface area contributed by atoms with Crippen molar-refractivity contribution in [1.29, 1.82) is 0 Å². The second-order valence-electron chi connectivity index (χ2n) is 5.60. The van der Waals surface area contributed by atoms with Gasteiger partial charge in [-0.05, 0) is 37.8 Å². The molecule has 0 aliphatic carbocycles. The van der Waals surface area contributed by atoms with E-state index in [4.69, 9.17) is 0 Å². The molecule has 1 amide bonds. The first-order valence-electron chi connectivity index (χ1n) is 7.07. The summed E-state index contributed by atoms with van der Waals surface area (Å²) in [5.41, 5.74) is 2.25. The van der Waals surface area contributed by atoms with Crippen LogP contribution in [0, 0.1) is 12.8 Å². The van der Waals surface area contributed by atoms with Crippen LogP contribution in [-0.4, -0.2) is 25.8 Å². The zero-order chi connectivity index (χ0) is 15.0. The second-order valence-corrected chi connectivity index (χ2v) is 5.60. The Bertz CT molecular complexity index is 693. The van der Waals surface area contributed by atoms with E-state index in [-0.39, 0.29) is 17.5 Å².